The van der Waals surface area contributed by atoms with Gasteiger partial charge in [-0.05, 0) is 18.2 Å². The average Bonchev–Trinajstić information content (AvgIpc) is 1.96. The Labute approximate surface area is 68.4 Å². The van der Waals surface area contributed by atoms with E-state index in [9.17, 15) is 9.18 Å². The zero-order valence-electron chi connectivity index (χ0n) is 6.17. The summed E-state index contributed by atoms with van der Waals surface area (Å²) in [5, 5.41) is 2.19. The molecule has 0 aliphatic carbocycles. The minimum Gasteiger partial charge on any atom is -0.397 e. The average molecular weight is 169 g/mol. The van der Waals surface area contributed by atoms with E-state index in [1.807, 2.05) is 0 Å². The maximum Gasteiger partial charge on any atom is 0.316 e. The summed E-state index contributed by atoms with van der Waals surface area (Å²) in [7, 11) is 0. The highest BCUT2D eigenvalue weighted by molar-refractivity contribution is 5.91. The lowest BCUT2D eigenvalue weighted by Gasteiger charge is -2.04. The number of nitrogens with two attached hydrogens (primary N) is 2. The van der Waals surface area contributed by atoms with Gasteiger partial charge in [-0.1, -0.05) is 0 Å². The first-order valence-electron chi connectivity index (χ1n) is 3.21. The van der Waals surface area contributed by atoms with E-state index in [2.05, 4.69) is 5.32 Å². The molecule has 0 aliphatic heterocycles. The number of carbonyl (C=O) groups is 1. The zero-order valence-corrected chi connectivity index (χ0v) is 6.17. The molecule has 2 amide bonds. The van der Waals surface area contributed by atoms with Gasteiger partial charge in [0.05, 0.1) is 11.4 Å². The van der Waals surface area contributed by atoms with Crippen LogP contribution in [0.1, 0.15) is 0 Å². The van der Waals surface area contributed by atoms with Gasteiger partial charge in [0.25, 0.3) is 0 Å². The van der Waals surface area contributed by atoms with E-state index in [4.69, 9.17) is 11.5 Å². The Morgan fingerprint density at radius 3 is 2.75 bits per heavy atom. The fraction of sp³-hybridized carbons (Fsp3) is 0. The number of halogens is 1. The van der Waals surface area contributed by atoms with Gasteiger partial charge in [-0.3, -0.25) is 0 Å². The van der Waals surface area contributed by atoms with Crippen LogP contribution in [-0.4, -0.2) is 6.03 Å². The molecule has 0 aromatic heterocycles. The third-order valence-electron chi connectivity index (χ3n) is 1.27. The predicted octanol–water partition coefficient (Wildman–Crippen LogP) is 0.899. The Balaban J connectivity index is 2.97. The fourth-order valence-corrected chi connectivity index (χ4v) is 0.769. The van der Waals surface area contributed by atoms with E-state index in [0.29, 0.717) is 0 Å². The second kappa shape index (κ2) is 3.08. The number of hydrogen-bond donors (Lipinski definition) is 3. The van der Waals surface area contributed by atoms with Gasteiger partial charge in [0.15, 0.2) is 0 Å². The molecule has 0 fully saturated rings. The molecule has 4 nitrogen and oxygen atoms in total. The van der Waals surface area contributed by atoms with E-state index in [1.54, 1.807) is 0 Å². The molecule has 0 unspecified atom stereocenters. The van der Waals surface area contributed by atoms with E-state index in [1.165, 1.54) is 12.1 Å². The molecule has 0 bridgehead atoms. The number of anilines is 2. The molecular weight excluding hydrogens is 161 g/mol. The van der Waals surface area contributed by atoms with Crippen molar-refractivity contribution in [1.82, 2.24) is 0 Å². The first kappa shape index (κ1) is 8.32. The third-order valence-corrected chi connectivity index (χ3v) is 1.27. The standard InChI is InChI=1S/C7H8FN3O/c8-4-1-2-5(9)6(3-4)11-7(10)12/h1-3H,9H2,(H3,10,11,12). The van der Waals surface area contributed by atoms with Crippen LogP contribution in [0.4, 0.5) is 20.6 Å². The van der Waals surface area contributed by atoms with Crippen LogP contribution in [-0.2, 0) is 0 Å². The molecule has 0 atom stereocenters. The number of urea groups is 1. The van der Waals surface area contributed by atoms with Gasteiger partial charge in [0.1, 0.15) is 5.82 Å². The quantitative estimate of drug-likeness (QED) is 0.546. The van der Waals surface area contributed by atoms with Crippen molar-refractivity contribution in [1.29, 1.82) is 0 Å². The molecule has 0 saturated carbocycles. The van der Waals surface area contributed by atoms with Crippen LogP contribution in [0.25, 0.3) is 0 Å². The molecule has 0 radical (unpaired) electrons. The van der Waals surface area contributed by atoms with Crippen molar-refractivity contribution in [2.75, 3.05) is 11.1 Å². The highest BCUT2D eigenvalue weighted by Gasteiger charge is 2.01. The number of carbonyl (C=O) groups excluding carboxylic acids is 1. The Morgan fingerprint density at radius 1 is 1.50 bits per heavy atom. The Hall–Kier alpha value is -1.78. The van der Waals surface area contributed by atoms with Crippen molar-refractivity contribution in [2.24, 2.45) is 5.73 Å². The lowest BCUT2D eigenvalue weighted by Crippen LogP contribution is -2.20. The van der Waals surface area contributed by atoms with Crippen LogP contribution >= 0.6 is 0 Å². The smallest absolute Gasteiger partial charge is 0.316 e. The van der Waals surface area contributed by atoms with Crippen molar-refractivity contribution in [3.05, 3.63) is 24.0 Å². The van der Waals surface area contributed by atoms with Crippen molar-refractivity contribution in [3.63, 3.8) is 0 Å². The van der Waals surface area contributed by atoms with Crippen LogP contribution in [0.15, 0.2) is 18.2 Å². The number of hydrogen-bond acceptors (Lipinski definition) is 2. The van der Waals surface area contributed by atoms with Crippen LogP contribution in [0.2, 0.25) is 0 Å². The summed E-state index contributed by atoms with van der Waals surface area (Å²) in [4.78, 5) is 10.4. The summed E-state index contributed by atoms with van der Waals surface area (Å²) in [5.41, 5.74) is 10.7. The molecule has 1 aromatic rings. The number of nitrogen functional groups attached to an aromatic ring is 1. The van der Waals surface area contributed by atoms with Gasteiger partial charge < -0.3 is 16.8 Å². The normalized spacial score (nSPS) is 9.42. The van der Waals surface area contributed by atoms with E-state index in [-0.39, 0.29) is 11.4 Å². The van der Waals surface area contributed by atoms with Crippen molar-refractivity contribution in [3.8, 4) is 0 Å². The fourth-order valence-electron chi connectivity index (χ4n) is 0.769. The molecule has 0 saturated heterocycles. The number of rotatable bonds is 1. The van der Waals surface area contributed by atoms with Gasteiger partial charge >= 0.3 is 6.03 Å². The van der Waals surface area contributed by atoms with Crippen LogP contribution in [0, 0.1) is 5.82 Å². The van der Waals surface area contributed by atoms with Crippen molar-refractivity contribution >= 4 is 17.4 Å². The number of benzene rings is 1. The van der Waals surface area contributed by atoms with Gasteiger partial charge in [-0.2, -0.15) is 0 Å². The largest absolute Gasteiger partial charge is 0.397 e. The van der Waals surface area contributed by atoms with Gasteiger partial charge in [0.2, 0.25) is 0 Å². The highest BCUT2D eigenvalue weighted by Crippen LogP contribution is 2.18. The lowest BCUT2D eigenvalue weighted by molar-refractivity contribution is 0.259. The number of amides is 2. The minimum atomic E-state index is -0.771. The molecule has 12 heavy (non-hydrogen) atoms. The van der Waals surface area contributed by atoms with Gasteiger partial charge in [-0.15, -0.1) is 0 Å². The van der Waals surface area contributed by atoms with E-state index in [0.717, 1.165) is 6.07 Å². The summed E-state index contributed by atoms with van der Waals surface area (Å²) >= 11 is 0. The first-order valence-corrected chi connectivity index (χ1v) is 3.21. The highest BCUT2D eigenvalue weighted by atomic mass is 19.1. The molecule has 0 heterocycles. The van der Waals surface area contributed by atoms with Crippen LogP contribution in [0.3, 0.4) is 0 Å². The molecule has 1 aromatic carbocycles. The molecule has 1 rings (SSSR count). The van der Waals surface area contributed by atoms with Crippen molar-refractivity contribution in [2.45, 2.75) is 0 Å². The van der Waals surface area contributed by atoms with Crippen LogP contribution in [0.5, 0.6) is 0 Å². The second-order valence-electron chi connectivity index (χ2n) is 2.22. The Bertz CT molecular complexity index is 314. The SMILES string of the molecule is NC(=O)Nc1cc(F)ccc1N. The predicted molar refractivity (Wildman–Crippen MR) is 44.0 cm³/mol. The summed E-state index contributed by atoms with van der Waals surface area (Å²) < 4.78 is 12.5. The number of nitrogens with one attached hydrogen (secondary N) is 1. The Kier molecular flexibility index (Phi) is 2.14. The summed E-state index contributed by atoms with van der Waals surface area (Å²) in [6.45, 7) is 0. The lowest BCUT2D eigenvalue weighted by atomic mass is 10.2. The van der Waals surface area contributed by atoms with Crippen molar-refractivity contribution < 1.29 is 9.18 Å². The first-order chi connectivity index (χ1) is 5.59. The van der Waals surface area contributed by atoms with Gasteiger partial charge in [0, 0.05) is 0 Å². The molecule has 5 N–H and O–H groups in total. The molecule has 0 aliphatic rings. The number of primary amides is 1. The molecule has 0 spiro atoms. The summed E-state index contributed by atoms with van der Waals surface area (Å²) in [5.74, 6) is -0.479. The molecule has 64 valence electrons. The second-order valence-corrected chi connectivity index (χ2v) is 2.22. The molecule has 5 heteroatoms. The zero-order chi connectivity index (χ0) is 9.14. The van der Waals surface area contributed by atoms with Crippen LogP contribution < -0.4 is 16.8 Å². The maximum absolute atomic E-state index is 12.5. The third kappa shape index (κ3) is 1.85. The Morgan fingerprint density at radius 2 is 2.17 bits per heavy atom. The monoisotopic (exact) mass is 169 g/mol. The van der Waals surface area contributed by atoms with E-state index < -0.39 is 11.8 Å². The van der Waals surface area contributed by atoms with E-state index >= 15 is 0 Å². The van der Waals surface area contributed by atoms with Gasteiger partial charge in [-0.25, -0.2) is 9.18 Å². The topological polar surface area (TPSA) is 81.1 Å². The summed E-state index contributed by atoms with van der Waals surface area (Å²) in [6, 6.07) is 2.87. The maximum atomic E-state index is 12.5. The molecular formula is C7H8FN3O. The summed E-state index contributed by atoms with van der Waals surface area (Å²) in [6.07, 6.45) is 0. The minimum absolute atomic E-state index is 0.183.